The lowest BCUT2D eigenvalue weighted by Gasteiger charge is -2.26. The number of benzene rings is 2. The quantitative estimate of drug-likeness (QED) is 0.623. The molecule has 0 bridgehead atoms. The van der Waals surface area contributed by atoms with E-state index in [-0.39, 0.29) is 0 Å². The zero-order valence-electron chi connectivity index (χ0n) is 15.5. The molecular formula is C21H25Cl2NO3. The minimum Gasteiger partial charge on any atom is -0.493 e. The number of ether oxygens (including phenoxy) is 3. The standard InChI is InChI=1S/C21H25Cl2NO3/c1-25-20-9-2-5-16(6-4-10-24-11-13-26-14-12-24)21(20)27-15-17-18(22)7-3-8-19(17)23/h2-3,5,7-9H,4,6,10-15H2,1H3. The van der Waals surface area contributed by atoms with Gasteiger partial charge in [0.15, 0.2) is 11.5 Å². The van der Waals surface area contributed by atoms with Crippen LogP contribution >= 0.6 is 23.2 Å². The third kappa shape index (κ3) is 5.52. The molecule has 6 heteroatoms. The van der Waals surface area contributed by atoms with Gasteiger partial charge >= 0.3 is 0 Å². The summed E-state index contributed by atoms with van der Waals surface area (Å²) in [7, 11) is 1.65. The summed E-state index contributed by atoms with van der Waals surface area (Å²) in [6, 6.07) is 11.5. The number of methoxy groups -OCH3 is 1. The van der Waals surface area contributed by atoms with Crippen LogP contribution in [0.1, 0.15) is 17.5 Å². The van der Waals surface area contributed by atoms with Gasteiger partial charge in [-0.3, -0.25) is 4.90 Å². The maximum absolute atomic E-state index is 6.27. The van der Waals surface area contributed by atoms with Gasteiger partial charge in [-0.15, -0.1) is 0 Å². The number of aryl methyl sites for hydroxylation is 1. The first-order valence-electron chi connectivity index (χ1n) is 9.20. The molecule has 1 fully saturated rings. The van der Waals surface area contributed by atoms with E-state index >= 15 is 0 Å². The Morgan fingerprint density at radius 2 is 1.74 bits per heavy atom. The Morgan fingerprint density at radius 3 is 2.44 bits per heavy atom. The third-order valence-corrected chi connectivity index (χ3v) is 5.44. The Balaban J connectivity index is 1.67. The van der Waals surface area contributed by atoms with E-state index in [0.717, 1.165) is 68.3 Å². The summed E-state index contributed by atoms with van der Waals surface area (Å²) in [6.07, 6.45) is 1.97. The van der Waals surface area contributed by atoms with E-state index in [9.17, 15) is 0 Å². The summed E-state index contributed by atoms with van der Waals surface area (Å²) in [5.74, 6) is 1.49. The fourth-order valence-electron chi connectivity index (χ4n) is 3.22. The van der Waals surface area contributed by atoms with Crippen LogP contribution in [0.2, 0.25) is 10.0 Å². The van der Waals surface area contributed by atoms with Crippen molar-refractivity contribution in [1.29, 1.82) is 0 Å². The number of hydrogen-bond donors (Lipinski definition) is 0. The Kier molecular flexibility index (Phi) is 7.65. The van der Waals surface area contributed by atoms with Gasteiger partial charge in [0, 0.05) is 28.7 Å². The second-order valence-corrected chi connectivity index (χ2v) is 7.31. The molecule has 3 rings (SSSR count). The largest absolute Gasteiger partial charge is 0.493 e. The van der Waals surface area contributed by atoms with Crippen LogP contribution in [0.3, 0.4) is 0 Å². The number of para-hydroxylation sites is 1. The van der Waals surface area contributed by atoms with E-state index in [0.29, 0.717) is 16.7 Å². The minimum absolute atomic E-state index is 0.301. The second-order valence-electron chi connectivity index (χ2n) is 6.49. The molecule has 1 heterocycles. The van der Waals surface area contributed by atoms with Crippen molar-refractivity contribution in [3.8, 4) is 11.5 Å². The van der Waals surface area contributed by atoms with Crippen molar-refractivity contribution in [2.45, 2.75) is 19.4 Å². The molecule has 0 N–H and O–H groups in total. The number of nitrogens with zero attached hydrogens (tertiary/aromatic N) is 1. The van der Waals surface area contributed by atoms with E-state index in [2.05, 4.69) is 11.0 Å². The zero-order chi connectivity index (χ0) is 19.1. The van der Waals surface area contributed by atoms with Crippen molar-refractivity contribution in [2.24, 2.45) is 0 Å². The van der Waals surface area contributed by atoms with Gasteiger partial charge in [-0.2, -0.15) is 0 Å². The summed E-state index contributed by atoms with van der Waals surface area (Å²) in [4.78, 5) is 2.44. The van der Waals surface area contributed by atoms with Gasteiger partial charge in [0.05, 0.1) is 20.3 Å². The third-order valence-electron chi connectivity index (χ3n) is 4.73. The molecule has 0 atom stereocenters. The second kappa shape index (κ2) is 10.2. The van der Waals surface area contributed by atoms with Gasteiger partial charge in [-0.1, -0.05) is 41.4 Å². The number of rotatable bonds is 8. The molecular weight excluding hydrogens is 385 g/mol. The van der Waals surface area contributed by atoms with E-state index in [1.165, 1.54) is 0 Å². The summed E-state index contributed by atoms with van der Waals surface area (Å²) in [5.41, 5.74) is 1.91. The molecule has 4 nitrogen and oxygen atoms in total. The van der Waals surface area contributed by atoms with Gasteiger partial charge in [0.1, 0.15) is 6.61 Å². The highest BCUT2D eigenvalue weighted by Crippen LogP contribution is 2.34. The maximum Gasteiger partial charge on any atom is 0.164 e. The van der Waals surface area contributed by atoms with Gasteiger partial charge < -0.3 is 14.2 Å². The van der Waals surface area contributed by atoms with Crippen LogP contribution in [0.25, 0.3) is 0 Å². The molecule has 0 radical (unpaired) electrons. The van der Waals surface area contributed by atoms with Gasteiger partial charge in [0.2, 0.25) is 0 Å². The monoisotopic (exact) mass is 409 g/mol. The first-order chi connectivity index (χ1) is 13.2. The molecule has 0 spiro atoms. The Morgan fingerprint density at radius 1 is 1.04 bits per heavy atom. The molecule has 2 aromatic carbocycles. The molecule has 146 valence electrons. The molecule has 0 unspecified atom stereocenters. The zero-order valence-corrected chi connectivity index (χ0v) is 17.1. The van der Waals surface area contributed by atoms with Crippen LogP contribution in [0.15, 0.2) is 36.4 Å². The van der Waals surface area contributed by atoms with E-state index in [4.69, 9.17) is 37.4 Å². The Hall–Kier alpha value is -1.46. The van der Waals surface area contributed by atoms with Crippen molar-refractivity contribution in [1.82, 2.24) is 4.90 Å². The van der Waals surface area contributed by atoms with Crippen molar-refractivity contribution in [3.05, 3.63) is 57.6 Å². The molecule has 0 aliphatic carbocycles. The normalized spacial score (nSPS) is 14.9. The van der Waals surface area contributed by atoms with Crippen molar-refractivity contribution < 1.29 is 14.2 Å². The fraction of sp³-hybridized carbons (Fsp3) is 0.429. The Labute approximate surface area is 170 Å². The number of hydrogen-bond acceptors (Lipinski definition) is 4. The van der Waals surface area contributed by atoms with Crippen LogP contribution in [-0.2, 0) is 17.8 Å². The topological polar surface area (TPSA) is 30.9 Å². The first kappa shape index (κ1) is 20.3. The lowest BCUT2D eigenvalue weighted by atomic mass is 10.1. The highest BCUT2D eigenvalue weighted by Gasteiger charge is 2.15. The van der Waals surface area contributed by atoms with Gasteiger partial charge in [-0.05, 0) is 43.1 Å². The van der Waals surface area contributed by atoms with E-state index in [1.54, 1.807) is 7.11 Å². The summed E-state index contributed by atoms with van der Waals surface area (Å²) in [6.45, 7) is 5.02. The predicted molar refractivity (Wildman–Crippen MR) is 109 cm³/mol. The molecule has 1 aliphatic heterocycles. The molecule has 0 aromatic heterocycles. The summed E-state index contributed by atoms with van der Waals surface area (Å²) >= 11 is 12.5. The van der Waals surface area contributed by atoms with Crippen LogP contribution in [0.5, 0.6) is 11.5 Å². The maximum atomic E-state index is 6.27. The summed E-state index contributed by atoms with van der Waals surface area (Å²) < 4.78 is 17.0. The molecule has 2 aromatic rings. The number of halogens is 2. The molecule has 1 aliphatic rings. The SMILES string of the molecule is COc1cccc(CCCN2CCOCC2)c1OCc1c(Cl)cccc1Cl. The van der Waals surface area contributed by atoms with Crippen molar-refractivity contribution in [2.75, 3.05) is 40.0 Å². The highest BCUT2D eigenvalue weighted by atomic mass is 35.5. The average molecular weight is 410 g/mol. The van der Waals surface area contributed by atoms with Crippen LogP contribution in [0, 0.1) is 0 Å². The van der Waals surface area contributed by atoms with Crippen LogP contribution in [-0.4, -0.2) is 44.9 Å². The predicted octanol–water partition coefficient (Wildman–Crippen LogP) is 4.85. The lowest BCUT2D eigenvalue weighted by Crippen LogP contribution is -2.36. The van der Waals surface area contributed by atoms with E-state index in [1.807, 2.05) is 30.3 Å². The van der Waals surface area contributed by atoms with Crippen molar-refractivity contribution >= 4 is 23.2 Å². The van der Waals surface area contributed by atoms with Crippen LogP contribution < -0.4 is 9.47 Å². The average Bonchev–Trinajstić information content (AvgIpc) is 2.69. The van der Waals surface area contributed by atoms with Gasteiger partial charge in [0.25, 0.3) is 0 Å². The van der Waals surface area contributed by atoms with Crippen LogP contribution in [0.4, 0.5) is 0 Å². The molecule has 27 heavy (non-hydrogen) atoms. The van der Waals surface area contributed by atoms with E-state index < -0.39 is 0 Å². The number of morpholine rings is 1. The summed E-state index contributed by atoms with van der Waals surface area (Å²) in [5, 5.41) is 1.21. The fourth-order valence-corrected chi connectivity index (χ4v) is 3.72. The Bertz CT molecular complexity index is 728. The molecule has 1 saturated heterocycles. The lowest BCUT2D eigenvalue weighted by molar-refractivity contribution is 0.0374. The smallest absolute Gasteiger partial charge is 0.164 e. The highest BCUT2D eigenvalue weighted by molar-refractivity contribution is 6.35. The molecule has 0 amide bonds. The first-order valence-corrected chi connectivity index (χ1v) is 9.96. The van der Waals surface area contributed by atoms with Crippen molar-refractivity contribution in [3.63, 3.8) is 0 Å². The van der Waals surface area contributed by atoms with Gasteiger partial charge in [-0.25, -0.2) is 0 Å². The molecule has 0 saturated carbocycles. The minimum atomic E-state index is 0.301.